The zero-order valence-corrected chi connectivity index (χ0v) is 19.0. The van der Waals surface area contributed by atoms with Gasteiger partial charge in [0.25, 0.3) is 11.8 Å². The third-order valence-corrected chi connectivity index (χ3v) is 6.14. The van der Waals surface area contributed by atoms with Crippen molar-refractivity contribution in [3.05, 3.63) is 94.3 Å². The first-order chi connectivity index (χ1) is 16.4. The highest BCUT2D eigenvalue weighted by Crippen LogP contribution is 2.24. The summed E-state index contributed by atoms with van der Waals surface area (Å²) in [4.78, 5) is 47.0. The second-order valence-corrected chi connectivity index (χ2v) is 8.61. The lowest BCUT2D eigenvalue weighted by Gasteiger charge is -2.29. The van der Waals surface area contributed by atoms with Crippen molar-refractivity contribution in [2.24, 2.45) is 0 Å². The van der Waals surface area contributed by atoms with E-state index in [-0.39, 0.29) is 17.6 Å². The van der Waals surface area contributed by atoms with Gasteiger partial charge in [0.05, 0.1) is 11.0 Å². The molecule has 0 saturated heterocycles. The molecule has 0 saturated carbocycles. The highest BCUT2D eigenvalue weighted by atomic mass is 16.2. The highest BCUT2D eigenvalue weighted by Gasteiger charge is 2.23. The van der Waals surface area contributed by atoms with Crippen molar-refractivity contribution in [2.75, 3.05) is 11.9 Å². The third kappa shape index (κ3) is 4.20. The lowest BCUT2D eigenvalue weighted by atomic mass is 9.96. The average molecular weight is 453 g/mol. The first kappa shape index (κ1) is 21.6. The molecule has 170 valence electrons. The molecule has 2 N–H and O–H groups in total. The number of carbonyl (C=O) groups excluding carboxylic acids is 3. The van der Waals surface area contributed by atoms with Crippen molar-refractivity contribution in [3.8, 4) is 0 Å². The number of amides is 2. The number of nitrogens with zero attached hydrogens (tertiary/aromatic N) is 2. The van der Waals surface area contributed by atoms with Crippen molar-refractivity contribution in [1.82, 2.24) is 14.9 Å². The second kappa shape index (κ2) is 8.59. The number of imidazole rings is 1. The number of hydrogen-bond donors (Lipinski definition) is 2. The molecular formula is C27H24N4O3. The first-order valence-corrected chi connectivity index (χ1v) is 11.2. The fourth-order valence-corrected chi connectivity index (χ4v) is 4.34. The molecule has 7 nitrogen and oxygen atoms in total. The normalized spacial score (nSPS) is 12.9. The van der Waals surface area contributed by atoms with Gasteiger partial charge in [-0.1, -0.05) is 18.2 Å². The van der Waals surface area contributed by atoms with Gasteiger partial charge in [-0.2, -0.15) is 0 Å². The van der Waals surface area contributed by atoms with Crippen LogP contribution in [0.1, 0.15) is 54.9 Å². The van der Waals surface area contributed by atoms with Gasteiger partial charge in [0.2, 0.25) is 0 Å². The number of carbonyl (C=O) groups is 3. The summed E-state index contributed by atoms with van der Waals surface area (Å²) in [6.07, 6.45) is 0.731. The second-order valence-electron chi connectivity index (χ2n) is 8.61. The van der Waals surface area contributed by atoms with Crippen LogP contribution >= 0.6 is 0 Å². The maximum atomic E-state index is 13.2. The van der Waals surface area contributed by atoms with Crippen molar-refractivity contribution in [3.63, 3.8) is 0 Å². The van der Waals surface area contributed by atoms with Crippen molar-refractivity contribution in [2.45, 2.75) is 26.8 Å². The number of anilines is 1. The largest absolute Gasteiger partial charge is 0.342 e. The topological polar surface area (TPSA) is 95.2 Å². The van der Waals surface area contributed by atoms with E-state index in [1.54, 1.807) is 36.4 Å². The van der Waals surface area contributed by atoms with E-state index >= 15 is 0 Å². The van der Waals surface area contributed by atoms with Gasteiger partial charge in [-0.25, -0.2) is 4.98 Å². The van der Waals surface area contributed by atoms with Crippen LogP contribution in [0, 0.1) is 6.92 Å². The minimum Gasteiger partial charge on any atom is -0.342 e. The van der Waals surface area contributed by atoms with Gasteiger partial charge in [0.15, 0.2) is 5.78 Å². The van der Waals surface area contributed by atoms with E-state index in [0.29, 0.717) is 35.5 Å². The van der Waals surface area contributed by atoms with Gasteiger partial charge >= 0.3 is 0 Å². The number of nitrogens with one attached hydrogen (secondary N) is 2. The molecule has 5 rings (SSSR count). The molecule has 34 heavy (non-hydrogen) atoms. The van der Waals surface area contributed by atoms with Crippen molar-refractivity contribution < 1.29 is 14.4 Å². The van der Waals surface area contributed by atoms with Crippen LogP contribution in [0.15, 0.2) is 60.7 Å². The number of aromatic amines is 1. The zero-order chi connectivity index (χ0) is 23.8. The van der Waals surface area contributed by atoms with Crippen LogP contribution < -0.4 is 5.32 Å². The third-order valence-electron chi connectivity index (χ3n) is 6.14. The Morgan fingerprint density at radius 3 is 2.59 bits per heavy atom. The Morgan fingerprint density at radius 1 is 0.941 bits per heavy atom. The van der Waals surface area contributed by atoms with Gasteiger partial charge < -0.3 is 15.2 Å². The number of H-pyrrole nitrogens is 1. The van der Waals surface area contributed by atoms with E-state index in [4.69, 9.17) is 0 Å². The van der Waals surface area contributed by atoms with Crippen LogP contribution in [0.25, 0.3) is 11.0 Å². The summed E-state index contributed by atoms with van der Waals surface area (Å²) in [6.45, 7) is 4.44. The molecule has 0 spiro atoms. The van der Waals surface area contributed by atoms with Crippen LogP contribution in [-0.2, 0) is 13.0 Å². The Morgan fingerprint density at radius 2 is 1.76 bits per heavy atom. The van der Waals surface area contributed by atoms with Crippen LogP contribution in [0.4, 0.5) is 5.69 Å². The average Bonchev–Trinajstić information content (AvgIpc) is 3.22. The molecule has 7 heteroatoms. The number of benzene rings is 3. The summed E-state index contributed by atoms with van der Waals surface area (Å²) in [6, 6.07) is 18.0. The number of hydrogen-bond acceptors (Lipinski definition) is 4. The maximum absolute atomic E-state index is 13.2. The van der Waals surface area contributed by atoms with E-state index in [0.717, 1.165) is 34.4 Å². The number of rotatable bonds is 4. The molecule has 0 fully saturated rings. The number of ketones is 1. The summed E-state index contributed by atoms with van der Waals surface area (Å²) in [5, 5.41) is 2.86. The molecule has 1 aromatic heterocycles. The molecule has 4 aromatic rings. The van der Waals surface area contributed by atoms with Crippen LogP contribution in [0.3, 0.4) is 0 Å². The number of aryl methyl sites for hydroxylation is 1. The Kier molecular flexibility index (Phi) is 5.45. The van der Waals surface area contributed by atoms with Crippen LogP contribution in [0.5, 0.6) is 0 Å². The van der Waals surface area contributed by atoms with Gasteiger partial charge in [-0.3, -0.25) is 14.4 Å². The fourth-order valence-electron chi connectivity index (χ4n) is 4.34. The molecular weight excluding hydrogens is 428 g/mol. The standard InChI is InChI=1S/C27H24N4O3/c1-16(32)19-4-3-5-23(13-19)30-26(33)20-7-6-18-10-11-31(15-22(18)12-20)27(34)21-8-9-24-25(14-21)29-17(2)28-24/h3-9,12-14H,10-11,15H2,1-2H3,(H,28,29)(H,30,33). The van der Waals surface area contributed by atoms with Crippen molar-refractivity contribution >= 4 is 34.3 Å². The Hall–Kier alpha value is -4.26. The summed E-state index contributed by atoms with van der Waals surface area (Å²) in [7, 11) is 0. The predicted octanol–water partition coefficient (Wildman–Crippen LogP) is 4.52. The molecule has 1 aliphatic heterocycles. The van der Waals surface area contributed by atoms with E-state index in [2.05, 4.69) is 15.3 Å². The van der Waals surface area contributed by atoms with Gasteiger partial charge in [-0.15, -0.1) is 0 Å². The summed E-state index contributed by atoms with van der Waals surface area (Å²) < 4.78 is 0. The quantitative estimate of drug-likeness (QED) is 0.445. The fraction of sp³-hybridized carbons (Fsp3) is 0.185. The lowest BCUT2D eigenvalue weighted by Crippen LogP contribution is -2.36. The smallest absolute Gasteiger partial charge is 0.255 e. The minimum absolute atomic E-state index is 0.0456. The Bertz CT molecular complexity index is 1450. The highest BCUT2D eigenvalue weighted by molar-refractivity contribution is 6.05. The zero-order valence-electron chi connectivity index (χ0n) is 19.0. The Balaban J connectivity index is 1.34. The molecule has 2 heterocycles. The first-order valence-electron chi connectivity index (χ1n) is 11.2. The van der Waals surface area contributed by atoms with Crippen molar-refractivity contribution in [1.29, 1.82) is 0 Å². The van der Waals surface area contributed by atoms with E-state index in [1.165, 1.54) is 6.92 Å². The lowest BCUT2D eigenvalue weighted by molar-refractivity contribution is 0.0734. The maximum Gasteiger partial charge on any atom is 0.255 e. The van der Waals surface area contributed by atoms with E-state index < -0.39 is 0 Å². The molecule has 2 amide bonds. The number of Topliss-reactive ketones (excluding diaryl/α,β-unsaturated/α-hetero) is 1. The minimum atomic E-state index is -0.257. The molecule has 0 bridgehead atoms. The molecule has 0 radical (unpaired) electrons. The monoisotopic (exact) mass is 452 g/mol. The summed E-state index contributed by atoms with van der Waals surface area (Å²) >= 11 is 0. The van der Waals surface area contributed by atoms with Gasteiger partial charge in [0, 0.05) is 35.5 Å². The van der Waals surface area contributed by atoms with E-state index in [1.807, 2.05) is 36.1 Å². The molecule has 3 aromatic carbocycles. The Labute approximate surface area is 196 Å². The van der Waals surface area contributed by atoms with E-state index in [9.17, 15) is 14.4 Å². The molecule has 0 unspecified atom stereocenters. The van der Waals surface area contributed by atoms with Crippen LogP contribution in [-0.4, -0.2) is 39.0 Å². The van der Waals surface area contributed by atoms with Gasteiger partial charge in [-0.05, 0) is 73.9 Å². The SMILES string of the molecule is CC(=O)c1cccc(NC(=O)c2ccc3c(c2)CN(C(=O)c2ccc4nc(C)[nH]c4c2)CC3)c1. The molecule has 0 atom stereocenters. The molecule has 1 aliphatic rings. The van der Waals surface area contributed by atoms with Gasteiger partial charge in [0.1, 0.15) is 5.82 Å². The summed E-state index contributed by atoms with van der Waals surface area (Å²) in [5.41, 5.74) is 6.00. The molecule has 0 aliphatic carbocycles. The number of fused-ring (bicyclic) bond motifs is 2. The predicted molar refractivity (Wildman–Crippen MR) is 130 cm³/mol. The van der Waals surface area contributed by atoms with Crippen LogP contribution in [0.2, 0.25) is 0 Å². The number of aromatic nitrogens is 2. The summed E-state index contributed by atoms with van der Waals surface area (Å²) in [5.74, 6) is 0.449.